The normalized spacial score (nSPS) is 14.9. The highest BCUT2D eigenvalue weighted by Gasteiger charge is 2.21. The van der Waals surface area contributed by atoms with Crippen LogP contribution in [-0.4, -0.2) is 95.8 Å². The monoisotopic (exact) mass is 681 g/mol. The lowest BCUT2D eigenvalue weighted by atomic mass is 10.1. The molecule has 0 unspecified atom stereocenters. The van der Waals surface area contributed by atoms with Crippen LogP contribution in [0.5, 0.6) is 5.75 Å². The van der Waals surface area contributed by atoms with Crippen molar-refractivity contribution in [2.45, 2.75) is 12.5 Å². The van der Waals surface area contributed by atoms with Crippen LogP contribution in [0, 0.1) is 5.82 Å². The maximum Gasteiger partial charge on any atom is 0.394 e. The van der Waals surface area contributed by atoms with Gasteiger partial charge in [-0.1, -0.05) is 17.7 Å². The maximum absolute atomic E-state index is 13.6. The van der Waals surface area contributed by atoms with E-state index in [2.05, 4.69) is 20.6 Å². The van der Waals surface area contributed by atoms with Crippen molar-refractivity contribution in [3.63, 3.8) is 0 Å². The van der Waals surface area contributed by atoms with Crippen molar-refractivity contribution < 1.29 is 53.7 Å². The fourth-order valence-corrected chi connectivity index (χ4v) is 3.60. The average Bonchev–Trinajstić information content (AvgIpc) is 3.38. The van der Waals surface area contributed by atoms with Gasteiger partial charge in [-0.05, 0) is 38.4 Å². The molecule has 0 bridgehead atoms. The van der Waals surface area contributed by atoms with E-state index in [0.717, 1.165) is 6.42 Å². The molecule has 1 fully saturated rings. The average molecular weight is 682 g/mol. The molecule has 6 N–H and O–H groups in total. The van der Waals surface area contributed by atoms with Crippen molar-refractivity contribution in [3.05, 3.63) is 59.7 Å². The Morgan fingerprint density at radius 3 is 2.36 bits per heavy atom. The number of rotatable bonds is 8. The number of nitrogens with zero attached hydrogens (tertiary/aromatic N) is 3. The van der Waals surface area contributed by atoms with Crippen molar-refractivity contribution in [2.75, 3.05) is 44.5 Å². The first-order valence-corrected chi connectivity index (χ1v) is 15.3. The van der Waals surface area contributed by atoms with Crippen LogP contribution in [0.25, 0.3) is 10.9 Å². The molecule has 1 aliphatic heterocycles. The number of carbonyl (C=O) groups excluding carboxylic acids is 1. The molecule has 44 heavy (non-hydrogen) atoms. The van der Waals surface area contributed by atoms with Crippen LogP contribution >= 0.6 is 11.6 Å². The highest BCUT2D eigenvalue weighted by atomic mass is 35.5. The second-order valence-corrected chi connectivity index (χ2v) is 11.2. The van der Waals surface area contributed by atoms with Gasteiger partial charge >= 0.3 is 20.8 Å². The molecule has 4 rings (SSSR count). The maximum atomic E-state index is 13.6. The smallest absolute Gasteiger partial charge is 0.394 e. The standard InChI is InChI=1S/C24H25ClFN5O3.2H2O4S/c1-31(2)8-3-4-23(32)30-21-11-17-20(12-22(21)34-16-7-9-33-13-16)27-14-28-24(17)29-15-5-6-19(26)18(25)10-15;2*1-5(2,3)4/h3-6,10-12,14,16H,7-9,13H2,1-2H3,(H,30,32)(H,27,28,29);2*(H2,1,2,3,4)/b4-3+;;/t16-;;/m0../s1. The number of anilines is 3. The van der Waals surface area contributed by atoms with Crippen LogP contribution in [0.1, 0.15) is 6.42 Å². The Morgan fingerprint density at radius 1 is 1.14 bits per heavy atom. The molecule has 0 aliphatic carbocycles. The summed E-state index contributed by atoms with van der Waals surface area (Å²) in [4.78, 5) is 23.2. The summed E-state index contributed by atoms with van der Waals surface area (Å²) in [5, 5.41) is 6.67. The number of fused-ring (bicyclic) bond motifs is 1. The lowest BCUT2D eigenvalue weighted by Gasteiger charge is -2.17. The van der Waals surface area contributed by atoms with Crippen molar-refractivity contribution in [1.29, 1.82) is 0 Å². The summed E-state index contributed by atoms with van der Waals surface area (Å²) in [5.41, 5.74) is 1.65. The van der Waals surface area contributed by atoms with Gasteiger partial charge in [0.25, 0.3) is 0 Å². The number of likely N-dealkylation sites (N-methyl/N-ethyl adjacent to an activating group) is 1. The van der Waals surface area contributed by atoms with E-state index in [1.807, 2.05) is 19.0 Å². The Balaban J connectivity index is 0.000000586. The van der Waals surface area contributed by atoms with Gasteiger partial charge in [0.15, 0.2) is 0 Å². The van der Waals surface area contributed by atoms with Crippen LogP contribution in [0.4, 0.5) is 21.6 Å². The lowest BCUT2D eigenvalue weighted by molar-refractivity contribution is -0.111. The zero-order chi connectivity index (χ0) is 33.1. The summed E-state index contributed by atoms with van der Waals surface area (Å²) in [6.45, 7) is 1.75. The Labute approximate surface area is 257 Å². The van der Waals surface area contributed by atoms with Gasteiger partial charge < -0.3 is 25.0 Å². The van der Waals surface area contributed by atoms with Gasteiger partial charge in [-0.25, -0.2) is 14.4 Å². The van der Waals surface area contributed by atoms with Crippen molar-refractivity contribution >= 4 is 66.4 Å². The fourth-order valence-electron chi connectivity index (χ4n) is 3.42. The molecule has 1 amide bonds. The molecule has 3 aromatic rings. The second kappa shape index (κ2) is 16.5. The molecule has 1 saturated heterocycles. The van der Waals surface area contributed by atoms with E-state index in [1.54, 1.807) is 24.3 Å². The van der Waals surface area contributed by atoms with Gasteiger partial charge in [-0.2, -0.15) is 16.8 Å². The van der Waals surface area contributed by atoms with Crippen LogP contribution in [0.3, 0.4) is 0 Å². The van der Waals surface area contributed by atoms with E-state index in [0.29, 0.717) is 53.6 Å². The van der Waals surface area contributed by atoms with E-state index in [4.69, 9.17) is 56.1 Å². The number of hydrogen-bond donors (Lipinski definition) is 6. The topological polar surface area (TPSA) is 238 Å². The summed E-state index contributed by atoms with van der Waals surface area (Å²) in [6.07, 6.45) is 5.32. The molecule has 2 aromatic carbocycles. The van der Waals surface area contributed by atoms with E-state index in [1.165, 1.54) is 24.5 Å². The van der Waals surface area contributed by atoms with Gasteiger partial charge in [0.05, 0.1) is 29.4 Å². The lowest BCUT2D eigenvalue weighted by Crippen LogP contribution is -2.18. The second-order valence-electron chi connectivity index (χ2n) is 8.99. The molecule has 20 heteroatoms. The number of benzene rings is 2. The number of amides is 1. The van der Waals surface area contributed by atoms with Crippen LogP contribution in [0.15, 0.2) is 48.8 Å². The van der Waals surface area contributed by atoms with Crippen molar-refractivity contribution in [2.24, 2.45) is 0 Å². The van der Waals surface area contributed by atoms with Crippen LogP contribution in [-0.2, 0) is 30.3 Å². The number of hydrogen-bond acceptors (Lipinski definition) is 11. The van der Waals surface area contributed by atoms with Crippen molar-refractivity contribution in [1.82, 2.24) is 14.9 Å². The number of nitrogens with one attached hydrogen (secondary N) is 2. The SMILES string of the molecule is CN(C)C/C=C/C(=O)Nc1cc2c(Nc3ccc(F)c(Cl)c3)ncnc2cc1O[C@H]1CCOC1.O=S(=O)(O)O.O=S(=O)(O)O. The van der Waals surface area contributed by atoms with E-state index in [-0.39, 0.29) is 17.0 Å². The van der Waals surface area contributed by atoms with Crippen LogP contribution in [0.2, 0.25) is 5.02 Å². The zero-order valence-corrected chi connectivity index (χ0v) is 25.5. The van der Waals surface area contributed by atoms with Crippen molar-refractivity contribution in [3.8, 4) is 5.75 Å². The molecule has 1 aliphatic rings. The van der Waals surface area contributed by atoms with Gasteiger partial charge in [0.2, 0.25) is 5.91 Å². The Morgan fingerprint density at radius 2 is 1.80 bits per heavy atom. The summed E-state index contributed by atoms with van der Waals surface area (Å²) < 4.78 is 88.3. The quantitative estimate of drug-likeness (QED) is 0.148. The first kappa shape index (κ1) is 36.7. The van der Waals surface area contributed by atoms with E-state index >= 15 is 0 Å². The predicted molar refractivity (Wildman–Crippen MR) is 159 cm³/mol. The minimum atomic E-state index is -4.67. The number of aromatic nitrogens is 2. The van der Waals surface area contributed by atoms with Crippen LogP contribution < -0.4 is 15.4 Å². The summed E-state index contributed by atoms with van der Waals surface area (Å²) >= 11 is 5.91. The molecule has 0 spiro atoms. The molecular formula is C24H29ClFN5O11S2. The van der Waals surface area contributed by atoms with Gasteiger partial charge in [0, 0.05) is 36.2 Å². The highest BCUT2D eigenvalue weighted by Crippen LogP contribution is 2.35. The summed E-state index contributed by atoms with van der Waals surface area (Å²) in [5.74, 6) is 0.170. The first-order chi connectivity index (χ1) is 20.4. The number of carbonyl (C=O) groups is 1. The number of ether oxygens (including phenoxy) is 2. The third-order valence-corrected chi connectivity index (χ3v) is 5.39. The molecular weight excluding hydrogens is 653 g/mol. The Kier molecular flexibility index (Phi) is 13.8. The molecule has 1 atom stereocenters. The molecule has 0 saturated carbocycles. The molecule has 2 heterocycles. The van der Waals surface area contributed by atoms with E-state index < -0.39 is 26.6 Å². The van der Waals surface area contributed by atoms with Gasteiger partial charge in [-0.15, -0.1) is 0 Å². The van der Waals surface area contributed by atoms with Gasteiger partial charge in [0.1, 0.15) is 29.8 Å². The molecule has 16 nitrogen and oxygen atoms in total. The summed E-state index contributed by atoms with van der Waals surface area (Å²) in [6, 6.07) is 7.82. The van der Waals surface area contributed by atoms with Gasteiger partial charge in [-0.3, -0.25) is 23.0 Å². The first-order valence-electron chi connectivity index (χ1n) is 12.2. The Bertz CT molecular complexity index is 1640. The Hall–Kier alpha value is -3.53. The number of halogens is 2. The third kappa shape index (κ3) is 14.8. The molecule has 0 radical (unpaired) electrons. The zero-order valence-electron chi connectivity index (χ0n) is 23.1. The third-order valence-electron chi connectivity index (χ3n) is 5.10. The minimum Gasteiger partial charge on any atom is -0.486 e. The van der Waals surface area contributed by atoms with E-state index in [9.17, 15) is 9.18 Å². The molecule has 242 valence electrons. The summed E-state index contributed by atoms with van der Waals surface area (Å²) in [7, 11) is -5.49. The highest BCUT2D eigenvalue weighted by molar-refractivity contribution is 7.80. The molecule has 1 aromatic heterocycles. The largest absolute Gasteiger partial charge is 0.486 e. The fraction of sp³-hybridized carbons (Fsp3) is 0.292. The minimum absolute atomic E-state index is 0.00436. The predicted octanol–water partition coefficient (Wildman–Crippen LogP) is 3.08.